The summed E-state index contributed by atoms with van der Waals surface area (Å²) in [7, 11) is -5.08. The van der Waals surface area contributed by atoms with Crippen LogP contribution in [0.25, 0.3) is 0 Å². The summed E-state index contributed by atoms with van der Waals surface area (Å²) in [6.45, 7) is 3.49. The number of hydrogen-bond donors (Lipinski definition) is 6. The third-order valence-electron chi connectivity index (χ3n) is 13.8. The monoisotopic (exact) mass is 990 g/mol. The van der Waals surface area contributed by atoms with Crippen molar-refractivity contribution in [1.82, 2.24) is 5.32 Å². The summed E-state index contributed by atoms with van der Waals surface area (Å²) in [5, 5.41) is 45.1. The van der Waals surface area contributed by atoms with E-state index in [1.807, 2.05) is 0 Å². The third kappa shape index (κ3) is 37.6. The highest BCUT2D eigenvalue weighted by molar-refractivity contribution is 7.80. The molecule has 7 atom stereocenters. The molecule has 1 fully saturated rings. The summed E-state index contributed by atoms with van der Waals surface area (Å²) in [6.07, 6.45) is 44.9. The number of aliphatic hydroxyl groups is 4. The standard InChI is InChI=1S/C55H107NO11S/c1-3-5-7-9-11-13-15-17-19-21-23-25-27-29-31-33-35-37-39-41-43-45-51(59)56-48(47-65-55-53(61)54(67-68(62,63)64)52(60)50(46-57)66-55)49(58)44-42-40-38-36-34-32-30-28-26-24-22-20-18-16-14-12-10-8-6-4-2/h25,27,48-50,52-55,57-58,60-61H,3-24,26,28-47H2,1-2H3,(H,56,59)(H,62,63,64)/b27-25-. The predicted octanol–water partition coefficient (Wildman–Crippen LogP) is 13.1. The second-order valence-electron chi connectivity index (χ2n) is 20.2. The molecule has 0 bridgehead atoms. The summed E-state index contributed by atoms with van der Waals surface area (Å²) < 4.78 is 47.9. The lowest BCUT2D eigenvalue weighted by Crippen LogP contribution is -2.61. The molecule has 0 aromatic carbocycles. The van der Waals surface area contributed by atoms with E-state index in [2.05, 4.69) is 35.5 Å². The van der Waals surface area contributed by atoms with Crippen LogP contribution in [0, 0.1) is 0 Å². The number of amides is 1. The fourth-order valence-electron chi connectivity index (χ4n) is 9.40. The average Bonchev–Trinajstić information content (AvgIpc) is 3.31. The van der Waals surface area contributed by atoms with Crippen LogP contribution >= 0.6 is 0 Å². The third-order valence-corrected chi connectivity index (χ3v) is 14.3. The van der Waals surface area contributed by atoms with Crippen LogP contribution in [0.4, 0.5) is 0 Å². The SMILES string of the molecule is CCCCCCCCCCCC/C=C\CCCCCCCCCC(=O)NC(COC1OC(CO)C(O)C(OS(=O)(=O)O)C1O)C(O)CCCCCCCCCCCCCCCCCCCCCC. The topological polar surface area (TPSA) is 192 Å². The highest BCUT2D eigenvalue weighted by atomic mass is 32.3. The molecule has 1 rings (SSSR count). The Morgan fingerprint density at radius 2 is 0.941 bits per heavy atom. The Labute approximate surface area is 417 Å². The minimum Gasteiger partial charge on any atom is -0.394 e. The summed E-state index contributed by atoms with van der Waals surface area (Å²) in [5.41, 5.74) is 0. The van der Waals surface area contributed by atoms with Crippen molar-refractivity contribution in [2.24, 2.45) is 0 Å². The number of carbonyl (C=O) groups excluding carboxylic acids is 1. The van der Waals surface area contributed by atoms with Gasteiger partial charge in [-0.15, -0.1) is 0 Å². The molecule has 12 nitrogen and oxygen atoms in total. The highest BCUT2D eigenvalue weighted by Gasteiger charge is 2.48. The molecule has 0 radical (unpaired) electrons. The molecular weight excluding hydrogens is 883 g/mol. The molecule has 6 N–H and O–H groups in total. The molecule has 1 saturated heterocycles. The first kappa shape index (κ1) is 64.9. The molecule has 13 heteroatoms. The predicted molar refractivity (Wildman–Crippen MR) is 278 cm³/mol. The molecule has 0 aliphatic carbocycles. The van der Waals surface area contributed by atoms with E-state index in [1.54, 1.807) is 0 Å². The first-order valence-electron chi connectivity index (χ1n) is 28.6. The van der Waals surface area contributed by atoms with Crippen molar-refractivity contribution in [2.75, 3.05) is 13.2 Å². The molecule has 404 valence electrons. The van der Waals surface area contributed by atoms with Gasteiger partial charge >= 0.3 is 10.4 Å². The Kier molecular flexibility index (Phi) is 43.6. The van der Waals surface area contributed by atoms with Crippen LogP contribution in [0.3, 0.4) is 0 Å². The van der Waals surface area contributed by atoms with Crippen molar-refractivity contribution in [2.45, 2.75) is 320 Å². The second kappa shape index (κ2) is 45.7. The maximum atomic E-state index is 13.1. The van der Waals surface area contributed by atoms with Crippen molar-refractivity contribution in [3.05, 3.63) is 12.2 Å². The number of allylic oxidation sites excluding steroid dienone is 2. The largest absolute Gasteiger partial charge is 0.397 e. The number of aliphatic hydroxyl groups excluding tert-OH is 4. The number of unbranched alkanes of at least 4 members (excludes halogenated alkanes) is 36. The fraction of sp³-hybridized carbons (Fsp3) is 0.945. The first-order chi connectivity index (χ1) is 33.0. The number of rotatable bonds is 50. The van der Waals surface area contributed by atoms with Crippen molar-refractivity contribution < 1.29 is 51.8 Å². The quantitative estimate of drug-likeness (QED) is 0.0193. The lowest BCUT2D eigenvalue weighted by molar-refractivity contribution is -0.298. The second-order valence-corrected chi connectivity index (χ2v) is 21.3. The van der Waals surface area contributed by atoms with Crippen LogP contribution in [0.15, 0.2) is 12.2 Å². The minimum absolute atomic E-state index is 0.230. The Balaban J connectivity index is 2.37. The van der Waals surface area contributed by atoms with Crippen molar-refractivity contribution in [1.29, 1.82) is 0 Å². The lowest BCUT2D eigenvalue weighted by atomic mass is 9.99. The van der Waals surface area contributed by atoms with Gasteiger partial charge in [0, 0.05) is 6.42 Å². The highest BCUT2D eigenvalue weighted by Crippen LogP contribution is 2.26. The molecule has 0 aromatic heterocycles. The minimum atomic E-state index is -5.08. The summed E-state index contributed by atoms with van der Waals surface area (Å²) >= 11 is 0. The van der Waals surface area contributed by atoms with E-state index in [4.69, 9.17) is 9.47 Å². The van der Waals surface area contributed by atoms with Gasteiger partial charge in [-0.1, -0.05) is 244 Å². The number of nitrogens with one attached hydrogen (secondary N) is 1. The zero-order valence-corrected chi connectivity index (χ0v) is 44.5. The van der Waals surface area contributed by atoms with E-state index in [9.17, 15) is 38.2 Å². The lowest BCUT2D eigenvalue weighted by Gasteiger charge is -2.41. The Morgan fingerprint density at radius 3 is 1.32 bits per heavy atom. The van der Waals surface area contributed by atoms with Crippen LogP contribution in [-0.4, -0.2) is 95.4 Å². The molecule has 1 aliphatic rings. The maximum Gasteiger partial charge on any atom is 0.397 e. The van der Waals surface area contributed by atoms with Gasteiger partial charge in [0.25, 0.3) is 0 Å². The van der Waals surface area contributed by atoms with Gasteiger partial charge < -0.3 is 35.2 Å². The molecule has 0 saturated carbocycles. The van der Waals surface area contributed by atoms with Crippen molar-refractivity contribution >= 4 is 16.3 Å². The van der Waals surface area contributed by atoms with E-state index >= 15 is 0 Å². The van der Waals surface area contributed by atoms with Crippen LogP contribution in [0.2, 0.25) is 0 Å². The van der Waals surface area contributed by atoms with Crippen molar-refractivity contribution in [3.63, 3.8) is 0 Å². The summed E-state index contributed by atoms with van der Waals surface area (Å²) in [6, 6.07) is -0.858. The zero-order chi connectivity index (χ0) is 49.8. The summed E-state index contributed by atoms with van der Waals surface area (Å²) in [4.78, 5) is 13.1. The number of ether oxygens (including phenoxy) is 2. The summed E-state index contributed by atoms with van der Waals surface area (Å²) in [5.74, 6) is -0.230. The zero-order valence-electron chi connectivity index (χ0n) is 43.7. The molecule has 0 aromatic rings. The van der Waals surface area contributed by atoms with Gasteiger partial charge in [0.1, 0.15) is 24.4 Å². The van der Waals surface area contributed by atoms with Gasteiger partial charge in [-0.25, -0.2) is 4.18 Å². The Bertz CT molecular complexity index is 1260. The van der Waals surface area contributed by atoms with Crippen LogP contribution in [0.5, 0.6) is 0 Å². The Hall–Kier alpha value is -1.16. The molecule has 0 spiro atoms. The van der Waals surface area contributed by atoms with Gasteiger partial charge in [0.15, 0.2) is 6.29 Å². The van der Waals surface area contributed by atoms with Gasteiger partial charge in [-0.2, -0.15) is 8.42 Å². The number of hydrogen-bond acceptors (Lipinski definition) is 10. The molecule has 7 unspecified atom stereocenters. The van der Waals surface area contributed by atoms with Gasteiger partial charge in [-0.05, 0) is 38.5 Å². The molecule has 1 heterocycles. The average molecular weight is 991 g/mol. The smallest absolute Gasteiger partial charge is 0.394 e. The molecular formula is C55H107NO11S. The van der Waals surface area contributed by atoms with Crippen LogP contribution < -0.4 is 5.32 Å². The number of carbonyl (C=O) groups is 1. The fourth-order valence-corrected chi connectivity index (χ4v) is 9.91. The molecule has 1 aliphatic heterocycles. The normalized spacial score (nSPS) is 19.8. The van der Waals surface area contributed by atoms with Crippen LogP contribution in [-0.2, 0) is 28.9 Å². The van der Waals surface area contributed by atoms with Gasteiger partial charge in [0.05, 0.1) is 25.4 Å². The maximum absolute atomic E-state index is 13.1. The van der Waals surface area contributed by atoms with E-state index in [0.717, 1.165) is 51.4 Å². The molecule has 1 amide bonds. The van der Waals surface area contributed by atoms with Gasteiger partial charge in [-0.3, -0.25) is 9.35 Å². The van der Waals surface area contributed by atoms with Gasteiger partial charge in [0.2, 0.25) is 5.91 Å². The van der Waals surface area contributed by atoms with E-state index in [1.165, 1.54) is 193 Å². The molecule has 68 heavy (non-hydrogen) atoms. The first-order valence-corrected chi connectivity index (χ1v) is 29.9. The van der Waals surface area contributed by atoms with Crippen molar-refractivity contribution in [3.8, 4) is 0 Å². The van der Waals surface area contributed by atoms with E-state index in [-0.39, 0.29) is 18.9 Å². The van der Waals surface area contributed by atoms with Crippen LogP contribution in [0.1, 0.15) is 277 Å². The Morgan fingerprint density at radius 1 is 0.574 bits per heavy atom. The van der Waals surface area contributed by atoms with E-state index < -0.39 is 59.9 Å². The van der Waals surface area contributed by atoms with E-state index in [0.29, 0.717) is 12.8 Å².